The van der Waals surface area contributed by atoms with Crippen molar-refractivity contribution in [3.63, 3.8) is 0 Å². The fraction of sp³-hybridized carbons (Fsp3) is 1.00. The van der Waals surface area contributed by atoms with E-state index in [2.05, 4.69) is 27.7 Å². The van der Waals surface area contributed by atoms with E-state index in [4.69, 9.17) is 0 Å². The average molecular weight is 367 g/mol. The summed E-state index contributed by atoms with van der Waals surface area (Å²) in [5.41, 5.74) is -0.00664. The zero-order valence-corrected chi connectivity index (χ0v) is 17.4. The number of aliphatic hydroxyl groups excluding tert-OH is 3. The molecular formula is C23H42O3. The van der Waals surface area contributed by atoms with Gasteiger partial charge in [-0.15, -0.1) is 0 Å². The van der Waals surface area contributed by atoms with E-state index in [1.165, 1.54) is 19.3 Å². The molecule has 0 spiro atoms. The second kappa shape index (κ2) is 8.09. The van der Waals surface area contributed by atoms with Crippen LogP contribution in [0.2, 0.25) is 0 Å². The lowest BCUT2D eigenvalue weighted by Gasteiger charge is -2.55. The monoisotopic (exact) mass is 366 g/mol. The van der Waals surface area contributed by atoms with Gasteiger partial charge >= 0.3 is 0 Å². The zero-order valence-electron chi connectivity index (χ0n) is 17.4. The minimum atomic E-state index is -0.325. The van der Waals surface area contributed by atoms with Crippen LogP contribution in [0.5, 0.6) is 0 Å². The molecular weight excluding hydrogens is 324 g/mol. The third-order valence-corrected chi connectivity index (χ3v) is 9.03. The van der Waals surface area contributed by atoms with Gasteiger partial charge in [0, 0.05) is 0 Å². The number of aliphatic hydroxyl groups is 3. The number of hydrogen-bond donors (Lipinski definition) is 3. The minimum absolute atomic E-state index is 0.00664. The Morgan fingerprint density at radius 2 is 1.73 bits per heavy atom. The predicted molar refractivity (Wildman–Crippen MR) is 106 cm³/mol. The second-order valence-corrected chi connectivity index (χ2v) is 10.3. The molecule has 152 valence electrons. The molecule has 0 aromatic heterocycles. The van der Waals surface area contributed by atoms with E-state index in [1.54, 1.807) is 0 Å². The molecule has 0 radical (unpaired) electrons. The Morgan fingerprint density at radius 1 is 1.00 bits per heavy atom. The van der Waals surface area contributed by atoms with Crippen LogP contribution in [-0.4, -0.2) is 33.6 Å². The van der Waals surface area contributed by atoms with E-state index >= 15 is 0 Å². The van der Waals surface area contributed by atoms with E-state index in [0.717, 1.165) is 38.5 Å². The molecule has 3 fully saturated rings. The summed E-state index contributed by atoms with van der Waals surface area (Å²) in [5.74, 6) is 2.54. The molecule has 3 nitrogen and oxygen atoms in total. The summed E-state index contributed by atoms with van der Waals surface area (Å²) in [5, 5.41) is 32.9. The van der Waals surface area contributed by atoms with E-state index in [-0.39, 0.29) is 35.6 Å². The Bertz CT molecular complexity index is 466. The topological polar surface area (TPSA) is 60.7 Å². The predicted octanol–water partition coefficient (Wildman–Crippen LogP) is 4.38. The standard InChI is InChI=1S/C23H42O3/c1-5-14(2)19-12-10-16-13-18-20(25)8-6-7-17(24)11-9-15(3)21(18)22(26)23(16,19)4/h14-22,24-26H,5-13H2,1-4H3/t14-,15+,16?,17+,18?,19?,20-,21?,22+,23+/m1/s1. The smallest absolute Gasteiger partial charge is 0.0633 e. The highest BCUT2D eigenvalue weighted by Gasteiger charge is 2.60. The van der Waals surface area contributed by atoms with Gasteiger partial charge in [0.25, 0.3) is 0 Å². The van der Waals surface area contributed by atoms with Gasteiger partial charge in [0.1, 0.15) is 0 Å². The summed E-state index contributed by atoms with van der Waals surface area (Å²) < 4.78 is 0. The molecule has 0 aliphatic heterocycles. The number of hydrogen-bond acceptors (Lipinski definition) is 3. The molecule has 3 aliphatic rings. The maximum Gasteiger partial charge on any atom is 0.0633 e. The summed E-state index contributed by atoms with van der Waals surface area (Å²) in [6, 6.07) is 0. The largest absolute Gasteiger partial charge is 0.393 e. The lowest BCUT2D eigenvalue weighted by molar-refractivity contribution is -0.158. The average Bonchev–Trinajstić information content (AvgIpc) is 2.96. The molecule has 0 aromatic carbocycles. The lowest BCUT2D eigenvalue weighted by atomic mass is 9.52. The minimum Gasteiger partial charge on any atom is -0.393 e. The zero-order chi connectivity index (χ0) is 19.1. The maximum absolute atomic E-state index is 11.7. The number of rotatable bonds is 2. The molecule has 3 rings (SSSR count). The molecule has 26 heavy (non-hydrogen) atoms. The van der Waals surface area contributed by atoms with Crippen LogP contribution >= 0.6 is 0 Å². The molecule has 10 atom stereocenters. The van der Waals surface area contributed by atoms with Crippen LogP contribution in [0.1, 0.15) is 85.5 Å². The van der Waals surface area contributed by atoms with Crippen molar-refractivity contribution in [3.05, 3.63) is 0 Å². The number of fused-ring (bicyclic) bond motifs is 2. The summed E-state index contributed by atoms with van der Waals surface area (Å²) in [7, 11) is 0. The van der Waals surface area contributed by atoms with Crippen LogP contribution in [0, 0.1) is 40.9 Å². The van der Waals surface area contributed by atoms with Gasteiger partial charge < -0.3 is 15.3 Å². The molecule has 0 aromatic rings. The van der Waals surface area contributed by atoms with Crippen molar-refractivity contribution in [2.45, 2.75) is 104 Å². The first-order valence-corrected chi connectivity index (χ1v) is 11.3. The first-order chi connectivity index (χ1) is 12.3. The first-order valence-electron chi connectivity index (χ1n) is 11.3. The van der Waals surface area contributed by atoms with Gasteiger partial charge in [0.15, 0.2) is 0 Å². The Labute approximate surface area is 160 Å². The van der Waals surface area contributed by atoms with E-state index in [1.807, 2.05) is 0 Å². The molecule has 3 N–H and O–H groups in total. The van der Waals surface area contributed by atoms with Gasteiger partial charge in [0.05, 0.1) is 18.3 Å². The van der Waals surface area contributed by atoms with Crippen molar-refractivity contribution in [3.8, 4) is 0 Å². The second-order valence-electron chi connectivity index (χ2n) is 10.3. The molecule has 0 bridgehead atoms. The molecule has 3 heteroatoms. The van der Waals surface area contributed by atoms with Gasteiger partial charge in [-0.1, -0.05) is 34.1 Å². The molecule has 3 saturated carbocycles. The Morgan fingerprint density at radius 3 is 2.42 bits per heavy atom. The van der Waals surface area contributed by atoms with Crippen LogP contribution in [0.25, 0.3) is 0 Å². The van der Waals surface area contributed by atoms with Crippen molar-refractivity contribution in [2.75, 3.05) is 0 Å². The van der Waals surface area contributed by atoms with E-state index in [0.29, 0.717) is 23.7 Å². The maximum atomic E-state index is 11.7. The summed E-state index contributed by atoms with van der Waals surface area (Å²) in [4.78, 5) is 0. The fourth-order valence-electron chi connectivity index (χ4n) is 7.17. The van der Waals surface area contributed by atoms with E-state index in [9.17, 15) is 15.3 Å². The molecule has 0 saturated heterocycles. The van der Waals surface area contributed by atoms with Crippen molar-refractivity contribution in [2.24, 2.45) is 40.9 Å². The van der Waals surface area contributed by atoms with Crippen LogP contribution < -0.4 is 0 Å². The SMILES string of the molecule is CC[C@@H](C)C1CCC2CC3C([C@@H](C)CC[C@@H](O)CCC[C@H]3O)[C@H](O)[C@@]21C. The van der Waals surface area contributed by atoms with Crippen molar-refractivity contribution in [1.82, 2.24) is 0 Å². The van der Waals surface area contributed by atoms with Gasteiger partial charge in [-0.05, 0) is 92.3 Å². The summed E-state index contributed by atoms with van der Waals surface area (Å²) in [6.45, 7) is 9.24. The molecule has 4 unspecified atom stereocenters. The Balaban J connectivity index is 1.90. The van der Waals surface area contributed by atoms with Crippen LogP contribution in [0.4, 0.5) is 0 Å². The van der Waals surface area contributed by atoms with Gasteiger partial charge in [0.2, 0.25) is 0 Å². The molecule has 0 heterocycles. The highest BCUT2D eigenvalue weighted by atomic mass is 16.3. The van der Waals surface area contributed by atoms with Crippen LogP contribution in [-0.2, 0) is 0 Å². The quantitative estimate of drug-likeness (QED) is 0.679. The lowest BCUT2D eigenvalue weighted by Crippen LogP contribution is -2.56. The third-order valence-electron chi connectivity index (χ3n) is 9.03. The molecule has 0 amide bonds. The van der Waals surface area contributed by atoms with Crippen molar-refractivity contribution < 1.29 is 15.3 Å². The first kappa shape index (κ1) is 20.6. The third kappa shape index (κ3) is 3.49. The Hall–Kier alpha value is -0.120. The highest BCUT2D eigenvalue weighted by molar-refractivity contribution is 5.08. The summed E-state index contributed by atoms with van der Waals surface area (Å²) in [6.07, 6.45) is 8.08. The molecule has 3 aliphatic carbocycles. The van der Waals surface area contributed by atoms with Crippen LogP contribution in [0.3, 0.4) is 0 Å². The van der Waals surface area contributed by atoms with E-state index < -0.39 is 0 Å². The van der Waals surface area contributed by atoms with Crippen LogP contribution in [0.15, 0.2) is 0 Å². The van der Waals surface area contributed by atoms with Gasteiger partial charge in [-0.25, -0.2) is 0 Å². The van der Waals surface area contributed by atoms with Gasteiger partial charge in [-0.2, -0.15) is 0 Å². The van der Waals surface area contributed by atoms with Gasteiger partial charge in [-0.3, -0.25) is 0 Å². The highest BCUT2D eigenvalue weighted by Crippen LogP contribution is 2.62. The Kier molecular flexibility index (Phi) is 6.41. The van der Waals surface area contributed by atoms with Crippen molar-refractivity contribution in [1.29, 1.82) is 0 Å². The normalized spacial score (nSPS) is 51.3. The fourth-order valence-corrected chi connectivity index (χ4v) is 7.17. The van der Waals surface area contributed by atoms with Crippen molar-refractivity contribution >= 4 is 0 Å². The summed E-state index contributed by atoms with van der Waals surface area (Å²) >= 11 is 0.